The van der Waals surface area contributed by atoms with Gasteiger partial charge in [0.1, 0.15) is 11.6 Å². The van der Waals surface area contributed by atoms with Gasteiger partial charge in [-0.3, -0.25) is 0 Å². The van der Waals surface area contributed by atoms with E-state index >= 15 is 0 Å². The van der Waals surface area contributed by atoms with Crippen molar-refractivity contribution in [1.29, 1.82) is 5.26 Å². The van der Waals surface area contributed by atoms with Crippen LogP contribution in [0.4, 0.5) is 13.2 Å². The lowest BCUT2D eigenvalue weighted by atomic mass is 10.2. The van der Waals surface area contributed by atoms with Gasteiger partial charge in [-0.2, -0.15) is 5.26 Å². The smallest absolute Gasteiger partial charge is 0.386 e. The lowest BCUT2D eigenvalue weighted by Crippen LogP contribution is -2.18. The van der Waals surface area contributed by atoms with Gasteiger partial charge in [0, 0.05) is 5.69 Å². The van der Waals surface area contributed by atoms with E-state index in [0.29, 0.717) is 5.69 Å². The number of aryl methyl sites for hydroxylation is 1. The van der Waals surface area contributed by atoms with Crippen LogP contribution in [0.25, 0.3) is 0 Å². The molecule has 1 rings (SSSR count). The Labute approximate surface area is 77.7 Å². The number of nitriles is 1. The topological polar surface area (TPSA) is 45.9 Å². The Morgan fingerprint density at radius 2 is 2.07 bits per heavy atom. The summed E-state index contributed by atoms with van der Waals surface area (Å²) in [5.41, 5.74) is 0.108. The van der Waals surface area contributed by atoms with Gasteiger partial charge < -0.3 is 4.74 Å². The molecular weight excluding hydrogens is 197 g/mol. The lowest BCUT2D eigenvalue weighted by molar-refractivity contribution is -0.276. The summed E-state index contributed by atoms with van der Waals surface area (Å²) in [7, 11) is 0. The zero-order chi connectivity index (χ0) is 10.8. The van der Waals surface area contributed by atoms with Crippen LogP contribution in [0.15, 0.2) is 12.1 Å². The third kappa shape index (κ3) is 2.62. The second-order valence-corrected chi connectivity index (χ2v) is 2.46. The van der Waals surface area contributed by atoms with Gasteiger partial charge in [-0.25, -0.2) is 4.98 Å². The molecule has 3 nitrogen and oxygen atoms in total. The molecular formula is C8H5F3N2O. The Hall–Kier alpha value is -1.77. The van der Waals surface area contributed by atoms with Crippen molar-refractivity contribution in [2.24, 2.45) is 0 Å². The van der Waals surface area contributed by atoms with E-state index < -0.39 is 12.2 Å². The van der Waals surface area contributed by atoms with Crippen LogP contribution in [0.2, 0.25) is 0 Å². The van der Waals surface area contributed by atoms with E-state index in [2.05, 4.69) is 9.72 Å². The number of hydrogen-bond donors (Lipinski definition) is 0. The van der Waals surface area contributed by atoms with Crippen LogP contribution in [0, 0.1) is 18.3 Å². The maximum Gasteiger partial charge on any atom is 0.574 e. The second-order valence-electron chi connectivity index (χ2n) is 2.46. The molecule has 0 fully saturated rings. The number of pyridine rings is 1. The molecule has 6 heteroatoms. The largest absolute Gasteiger partial charge is 0.574 e. The molecule has 0 aliphatic carbocycles. The molecule has 0 aliphatic heterocycles. The van der Waals surface area contributed by atoms with Crippen LogP contribution in [0.3, 0.4) is 0 Å². The molecule has 0 spiro atoms. The summed E-state index contributed by atoms with van der Waals surface area (Å²) in [5, 5.41) is 8.47. The van der Waals surface area contributed by atoms with Gasteiger partial charge >= 0.3 is 6.36 Å². The minimum absolute atomic E-state index is 0.243. The van der Waals surface area contributed by atoms with Crippen molar-refractivity contribution >= 4 is 0 Å². The van der Waals surface area contributed by atoms with Gasteiger partial charge in [0.15, 0.2) is 0 Å². The Balaban J connectivity index is 3.07. The quantitative estimate of drug-likeness (QED) is 0.700. The van der Waals surface area contributed by atoms with Gasteiger partial charge in [-0.15, -0.1) is 13.2 Å². The Kier molecular flexibility index (Phi) is 2.60. The molecule has 0 N–H and O–H groups in total. The van der Waals surface area contributed by atoms with Crippen molar-refractivity contribution in [1.82, 2.24) is 4.98 Å². The second kappa shape index (κ2) is 3.54. The Bertz CT molecular complexity index is 381. The molecule has 0 aromatic carbocycles. The highest BCUT2D eigenvalue weighted by Crippen LogP contribution is 2.23. The van der Waals surface area contributed by atoms with Crippen LogP contribution in [-0.2, 0) is 0 Å². The fourth-order valence-electron chi connectivity index (χ4n) is 0.805. The molecule has 1 heterocycles. The predicted octanol–water partition coefficient (Wildman–Crippen LogP) is 2.16. The highest BCUT2D eigenvalue weighted by atomic mass is 19.4. The molecule has 0 atom stereocenters. The molecule has 0 amide bonds. The summed E-state index contributed by atoms with van der Waals surface area (Å²) in [6.45, 7) is 1.50. The van der Waals surface area contributed by atoms with E-state index in [0.717, 1.165) is 0 Å². The van der Waals surface area contributed by atoms with Crippen molar-refractivity contribution in [2.75, 3.05) is 0 Å². The zero-order valence-electron chi connectivity index (χ0n) is 7.09. The first-order valence-electron chi connectivity index (χ1n) is 3.56. The Morgan fingerprint density at radius 1 is 1.43 bits per heavy atom. The predicted molar refractivity (Wildman–Crippen MR) is 40.4 cm³/mol. The highest BCUT2D eigenvalue weighted by Gasteiger charge is 2.33. The fourth-order valence-corrected chi connectivity index (χ4v) is 0.805. The lowest BCUT2D eigenvalue weighted by Gasteiger charge is -2.08. The molecule has 0 saturated carbocycles. The Morgan fingerprint density at radius 3 is 2.57 bits per heavy atom. The third-order valence-electron chi connectivity index (χ3n) is 1.33. The van der Waals surface area contributed by atoms with Crippen LogP contribution < -0.4 is 4.74 Å². The molecule has 0 bridgehead atoms. The van der Waals surface area contributed by atoms with Gasteiger partial charge in [0.25, 0.3) is 0 Å². The molecule has 0 radical (unpaired) electrons. The molecule has 1 aromatic heterocycles. The van der Waals surface area contributed by atoms with Crippen LogP contribution in [0.1, 0.15) is 11.3 Å². The highest BCUT2D eigenvalue weighted by molar-refractivity contribution is 5.38. The summed E-state index contributed by atoms with van der Waals surface area (Å²) in [6, 6.07) is 4.22. The van der Waals surface area contributed by atoms with E-state index in [1.807, 2.05) is 0 Å². The molecule has 0 saturated heterocycles. The first kappa shape index (κ1) is 10.3. The van der Waals surface area contributed by atoms with Crippen molar-refractivity contribution < 1.29 is 17.9 Å². The SMILES string of the molecule is Cc1ccc(C#N)c(OC(F)(F)F)n1. The third-order valence-corrected chi connectivity index (χ3v) is 1.33. The first-order valence-corrected chi connectivity index (χ1v) is 3.56. The van der Waals surface area contributed by atoms with Gasteiger partial charge in [-0.05, 0) is 19.1 Å². The minimum Gasteiger partial charge on any atom is -0.386 e. The van der Waals surface area contributed by atoms with Crippen molar-refractivity contribution in [3.63, 3.8) is 0 Å². The standard InChI is InChI=1S/C8H5F3N2O/c1-5-2-3-6(4-12)7(13-5)14-8(9,10)11/h2-3H,1H3. The summed E-state index contributed by atoms with van der Waals surface area (Å²) in [4.78, 5) is 3.46. The van der Waals surface area contributed by atoms with Crippen molar-refractivity contribution in [3.8, 4) is 11.9 Å². The molecule has 0 aliphatic rings. The van der Waals surface area contributed by atoms with Crippen molar-refractivity contribution in [3.05, 3.63) is 23.4 Å². The van der Waals surface area contributed by atoms with E-state index in [9.17, 15) is 13.2 Å². The normalized spacial score (nSPS) is 10.8. The van der Waals surface area contributed by atoms with E-state index in [1.54, 1.807) is 6.07 Å². The molecule has 74 valence electrons. The monoisotopic (exact) mass is 202 g/mol. The average molecular weight is 202 g/mol. The number of hydrogen-bond acceptors (Lipinski definition) is 3. The summed E-state index contributed by atoms with van der Waals surface area (Å²) >= 11 is 0. The number of ether oxygens (including phenoxy) is 1. The maximum absolute atomic E-state index is 11.8. The zero-order valence-corrected chi connectivity index (χ0v) is 7.09. The van der Waals surface area contributed by atoms with Crippen molar-refractivity contribution in [2.45, 2.75) is 13.3 Å². The van der Waals surface area contributed by atoms with E-state index in [1.165, 1.54) is 19.1 Å². The average Bonchev–Trinajstić information content (AvgIpc) is 2.01. The number of halogens is 3. The molecule has 1 aromatic rings. The van der Waals surface area contributed by atoms with Gasteiger partial charge in [0.05, 0.1) is 0 Å². The van der Waals surface area contributed by atoms with Gasteiger partial charge in [-0.1, -0.05) is 0 Å². The maximum atomic E-state index is 11.8. The van der Waals surface area contributed by atoms with E-state index in [4.69, 9.17) is 5.26 Å². The van der Waals surface area contributed by atoms with E-state index in [-0.39, 0.29) is 5.56 Å². The van der Waals surface area contributed by atoms with Crippen LogP contribution >= 0.6 is 0 Å². The number of aromatic nitrogens is 1. The minimum atomic E-state index is -4.83. The van der Waals surface area contributed by atoms with Gasteiger partial charge in [0.2, 0.25) is 5.88 Å². The number of rotatable bonds is 1. The molecule has 14 heavy (non-hydrogen) atoms. The first-order chi connectivity index (χ1) is 6.42. The van der Waals surface area contributed by atoms with Crippen LogP contribution in [-0.4, -0.2) is 11.3 Å². The summed E-state index contributed by atoms with van der Waals surface area (Å²) in [6.07, 6.45) is -4.83. The summed E-state index contributed by atoms with van der Waals surface area (Å²) in [5.74, 6) is -0.708. The fraction of sp³-hybridized carbons (Fsp3) is 0.250. The van der Waals surface area contributed by atoms with Crippen LogP contribution in [0.5, 0.6) is 5.88 Å². The number of alkyl halides is 3. The summed E-state index contributed by atoms with van der Waals surface area (Å²) < 4.78 is 39.0. The molecule has 0 unspecified atom stereocenters. The number of nitrogens with zero attached hydrogens (tertiary/aromatic N) is 2.